The third-order valence-electron chi connectivity index (χ3n) is 1.84. The Balaban J connectivity index is 2.53. The topological polar surface area (TPSA) is 55.1 Å². The molecule has 0 saturated heterocycles. The highest BCUT2D eigenvalue weighted by atomic mass is 16.1. The standard InChI is InChI=1S/C7H12N2O/c1-4-6(5(10)3-8)7(4)9-2/h7,9H,3,8H2,1-2H3/t7-/m0/s1. The minimum absolute atomic E-state index is 0.0665. The molecule has 1 rings (SSSR count). The van der Waals surface area contributed by atoms with Crippen molar-refractivity contribution in [1.29, 1.82) is 0 Å². The van der Waals surface area contributed by atoms with Crippen LogP contribution in [0.4, 0.5) is 0 Å². The molecule has 1 aliphatic rings. The normalized spacial score (nSPS) is 23.3. The lowest BCUT2D eigenvalue weighted by atomic mass is 10.3. The molecule has 10 heavy (non-hydrogen) atoms. The molecule has 0 amide bonds. The smallest absolute Gasteiger partial charge is 0.174 e. The molecule has 0 radical (unpaired) electrons. The van der Waals surface area contributed by atoms with Gasteiger partial charge in [0, 0.05) is 5.57 Å². The van der Waals surface area contributed by atoms with Crippen LogP contribution in [0, 0.1) is 0 Å². The zero-order chi connectivity index (χ0) is 7.72. The van der Waals surface area contributed by atoms with Crippen LogP contribution in [0.1, 0.15) is 6.92 Å². The molecule has 0 unspecified atom stereocenters. The third-order valence-corrected chi connectivity index (χ3v) is 1.84. The van der Waals surface area contributed by atoms with Gasteiger partial charge in [0.15, 0.2) is 5.78 Å². The molecule has 0 saturated carbocycles. The van der Waals surface area contributed by atoms with Crippen LogP contribution in [-0.4, -0.2) is 25.4 Å². The number of Topliss-reactive ketones (excluding diaryl/α,β-unsaturated/α-hetero) is 1. The van der Waals surface area contributed by atoms with E-state index in [1.54, 1.807) is 0 Å². The Morgan fingerprint density at radius 1 is 1.80 bits per heavy atom. The van der Waals surface area contributed by atoms with E-state index in [1.807, 2.05) is 14.0 Å². The highest BCUT2D eigenvalue weighted by Crippen LogP contribution is 2.30. The maximum atomic E-state index is 10.9. The van der Waals surface area contributed by atoms with Crippen molar-refractivity contribution in [3.05, 3.63) is 11.1 Å². The summed E-state index contributed by atoms with van der Waals surface area (Å²) in [6.07, 6.45) is 0. The van der Waals surface area contributed by atoms with E-state index >= 15 is 0 Å². The molecule has 0 heterocycles. The summed E-state index contributed by atoms with van der Waals surface area (Å²) in [5, 5.41) is 3.00. The number of rotatable bonds is 3. The summed E-state index contributed by atoms with van der Waals surface area (Å²) in [6.45, 7) is 2.08. The molecule has 3 heteroatoms. The van der Waals surface area contributed by atoms with Crippen molar-refractivity contribution in [2.45, 2.75) is 13.0 Å². The van der Waals surface area contributed by atoms with Crippen LogP contribution in [0.2, 0.25) is 0 Å². The van der Waals surface area contributed by atoms with Gasteiger partial charge in [-0.1, -0.05) is 0 Å². The van der Waals surface area contributed by atoms with E-state index in [0.717, 1.165) is 11.1 Å². The first kappa shape index (κ1) is 7.44. The summed E-state index contributed by atoms with van der Waals surface area (Å²) < 4.78 is 0. The number of carbonyl (C=O) groups is 1. The average molecular weight is 140 g/mol. The Kier molecular flexibility index (Phi) is 1.87. The molecule has 0 aromatic rings. The minimum Gasteiger partial charge on any atom is -0.324 e. The number of nitrogens with two attached hydrogens (primary N) is 1. The summed E-state index contributed by atoms with van der Waals surface area (Å²) >= 11 is 0. The third kappa shape index (κ3) is 0.978. The van der Waals surface area contributed by atoms with Gasteiger partial charge in [0.05, 0.1) is 12.6 Å². The number of hydrogen-bond acceptors (Lipinski definition) is 3. The lowest BCUT2D eigenvalue weighted by molar-refractivity contribution is -0.114. The second-order valence-corrected chi connectivity index (χ2v) is 2.45. The molecule has 56 valence electrons. The Bertz CT molecular complexity index is 196. The molecular weight excluding hydrogens is 128 g/mol. The van der Waals surface area contributed by atoms with Gasteiger partial charge in [0.2, 0.25) is 0 Å². The molecule has 0 aromatic heterocycles. The van der Waals surface area contributed by atoms with Gasteiger partial charge < -0.3 is 11.1 Å². The quantitative estimate of drug-likeness (QED) is 0.552. The Labute approximate surface area is 60.3 Å². The van der Waals surface area contributed by atoms with Gasteiger partial charge in [0.25, 0.3) is 0 Å². The molecule has 1 aliphatic carbocycles. The maximum absolute atomic E-state index is 10.9. The van der Waals surface area contributed by atoms with Crippen LogP contribution in [0.3, 0.4) is 0 Å². The van der Waals surface area contributed by atoms with Gasteiger partial charge in [-0.15, -0.1) is 0 Å². The second kappa shape index (κ2) is 2.52. The molecule has 0 bridgehead atoms. The van der Waals surface area contributed by atoms with Gasteiger partial charge in [0.1, 0.15) is 0 Å². The molecule has 0 fully saturated rings. The summed E-state index contributed by atoms with van der Waals surface area (Å²) in [7, 11) is 1.84. The van der Waals surface area contributed by atoms with E-state index in [-0.39, 0.29) is 18.4 Å². The van der Waals surface area contributed by atoms with Gasteiger partial charge in [-0.3, -0.25) is 4.79 Å². The van der Waals surface area contributed by atoms with Crippen molar-refractivity contribution < 1.29 is 4.79 Å². The fraction of sp³-hybridized carbons (Fsp3) is 0.571. The van der Waals surface area contributed by atoms with Crippen molar-refractivity contribution in [3.8, 4) is 0 Å². The molecule has 0 aromatic carbocycles. The number of nitrogens with one attached hydrogen (secondary N) is 1. The van der Waals surface area contributed by atoms with Crippen molar-refractivity contribution in [1.82, 2.24) is 5.32 Å². The Hall–Kier alpha value is -0.670. The molecule has 0 aliphatic heterocycles. The van der Waals surface area contributed by atoms with E-state index in [1.165, 1.54) is 0 Å². The van der Waals surface area contributed by atoms with Crippen molar-refractivity contribution in [2.24, 2.45) is 5.73 Å². The Morgan fingerprint density at radius 2 is 2.40 bits per heavy atom. The van der Waals surface area contributed by atoms with Gasteiger partial charge in [-0.2, -0.15) is 0 Å². The van der Waals surface area contributed by atoms with E-state index < -0.39 is 0 Å². The van der Waals surface area contributed by atoms with Crippen LogP contribution in [0.15, 0.2) is 11.1 Å². The number of carbonyl (C=O) groups excluding carboxylic acids is 1. The summed E-state index contributed by atoms with van der Waals surface area (Å²) in [4.78, 5) is 10.9. The summed E-state index contributed by atoms with van der Waals surface area (Å²) in [5.74, 6) is 0.0665. The fourth-order valence-electron chi connectivity index (χ4n) is 1.18. The van der Waals surface area contributed by atoms with Crippen LogP contribution < -0.4 is 11.1 Å². The van der Waals surface area contributed by atoms with Gasteiger partial charge in [-0.05, 0) is 19.5 Å². The summed E-state index contributed by atoms with van der Waals surface area (Å²) in [6, 6.07) is 0.219. The van der Waals surface area contributed by atoms with Crippen LogP contribution >= 0.6 is 0 Å². The van der Waals surface area contributed by atoms with E-state index in [0.29, 0.717) is 0 Å². The first-order valence-corrected chi connectivity index (χ1v) is 3.33. The largest absolute Gasteiger partial charge is 0.324 e. The lowest BCUT2D eigenvalue weighted by Crippen LogP contribution is -2.20. The molecule has 3 nitrogen and oxygen atoms in total. The lowest BCUT2D eigenvalue weighted by Gasteiger charge is -1.93. The van der Waals surface area contributed by atoms with Crippen LogP contribution in [0.5, 0.6) is 0 Å². The van der Waals surface area contributed by atoms with Gasteiger partial charge >= 0.3 is 0 Å². The number of likely N-dealkylation sites (N-methyl/N-ethyl adjacent to an activating group) is 1. The number of hydrogen-bond donors (Lipinski definition) is 2. The van der Waals surface area contributed by atoms with Crippen LogP contribution in [0.25, 0.3) is 0 Å². The molecular formula is C7H12N2O. The molecule has 0 spiro atoms. The first-order chi connectivity index (χ1) is 4.72. The SMILES string of the molecule is CN[C@H]1C(C)=C1C(=O)CN. The van der Waals surface area contributed by atoms with E-state index in [9.17, 15) is 4.79 Å². The summed E-state index contributed by atoms with van der Waals surface area (Å²) in [5.41, 5.74) is 7.20. The Morgan fingerprint density at radius 3 is 2.70 bits per heavy atom. The number of ketones is 1. The highest BCUT2D eigenvalue weighted by Gasteiger charge is 2.35. The van der Waals surface area contributed by atoms with Crippen molar-refractivity contribution in [2.75, 3.05) is 13.6 Å². The van der Waals surface area contributed by atoms with Gasteiger partial charge in [-0.25, -0.2) is 0 Å². The fourth-order valence-corrected chi connectivity index (χ4v) is 1.18. The maximum Gasteiger partial charge on any atom is 0.174 e. The van der Waals surface area contributed by atoms with E-state index in [2.05, 4.69) is 5.32 Å². The van der Waals surface area contributed by atoms with Crippen LogP contribution in [-0.2, 0) is 4.79 Å². The monoisotopic (exact) mass is 140 g/mol. The van der Waals surface area contributed by atoms with E-state index in [4.69, 9.17) is 5.73 Å². The highest BCUT2D eigenvalue weighted by molar-refractivity contribution is 6.04. The average Bonchev–Trinajstić information content (AvgIpc) is 2.59. The minimum atomic E-state index is 0.0665. The predicted octanol–water partition coefficient (Wildman–Crippen LogP) is -0.568. The van der Waals surface area contributed by atoms with Crippen molar-refractivity contribution >= 4 is 5.78 Å². The molecule has 1 atom stereocenters. The second-order valence-electron chi connectivity index (χ2n) is 2.45. The zero-order valence-electron chi connectivity index (χ0n) is 6.27. The molecule has 3 N–H and O–H groups in total. The predicted molar refractivity (Wildman–Crippen MR) is 39.6 cm³/mol. The zero-order valence-corrected chi connectivity index (χ0v) is 6.27. The van der Waals surface area contributed by atoms with Crippen molar-refractivity contribution in [3.63, 3.8) is 0 Å². The first-order valence-electron chi connectivity index (χ1n) is 3.33.